The summed E-state index contributed by atoms with van der Waals surface area (Å²) in [6.45, 7) is 0. The number of hydrogen-bond donors (Lipinski definition) is 1. The lowest BCUT2D eigenvalue weighted by Gasteiger charge is -2.18. The highest BCUT2D eigenvalue weighted by Crippen LogP contribution is 2.42. The molecule has 0 bridgehead atoms. The summed E-state index contributed by atoms with van der Waals surface area (Å²) in [4.78, 5) is 27.9. The average Bonchev–Trinajstić information content (AvgIpc) is 3.13. The van der Waals surface area contributed by atoms with E-state index in [9.17, 15) is 19.2 Å². The number of rotatable bonds is 5. The number of para-hydroxylation sites is 1. The van der Waals surface area contributed by atoms with Crippen LogP contribution in [0.15, 0.2) is 83.4 Å². The second-order valence-electron chi connectivity index (χ2n) is 7.32. The molecule has 1 aliphatic rings. The van der Waals surface area contributed by atoms with Crippen molar-refractivity contribution >= 4 is 58.2 Å². The average molecular weight is 512 g/mol. The maximum absolute atomic E-state index is 13.4. The van der Waals surface area contributed by atoms with E-state index in [4.69, 9.17) is 23.2 Å². The van der Waals surface area contributed by atoms with Gasteiger partial charge >= 0.3 is 0 Å². The smallest absolute Gasteiger partial charge is 0.269 e. The standard InChI is InChI=1S/C25H16Cl2FN3O2S/c26-16-8-11-21(20(27)13-16)30-23(32)19(14-29)25-31(18-4-2-1-3-5-18)24(33)22(34-25)12-15-6-9-17(28)10-7-15/h1-11,13,22H,12H2,(H,30,32)/b25-19-. The fraction of sp³-hybridized carbons (Fsp3) is 0.0800. The molecule has 1 aliphatic heterocycles. The highest BCUT2D eigenvalue weighted by molar-refractivity contribution is 8.05. The summed E-state index contributed by atoms with van der Waals surface area (Å²) in [7, 11) is 0. The molecular formula is C25H16Cl2FN3O2S. The Labute approximate surface area is 209 Å². The summed E-state index contributed by atoms with van der Waals surface area (Å²) in [5.74, 6) is -1.35. The van der Waals surface area contributed by atoms with Crippen LogP contribution in [-0.4, -0.2) is 17.1 Å². The third kappa shape index (κ3) is 5.10. The number of hydrogen-bond acceptors (Lipinski definition) is 4. The largest absolute Gasteiger partial charge is 0.320 e. The van der Waals surface area contributed by atoms with E-state index in [-0.39, 0.29) is 33.0 Å². The van der Waals surface area contributed by atoms with Crippen LogP contribution in [0.25, 0.3) is 0 Å². The number of nitriles is 1. The normalized spacial score (nSPS) is 16.8. The Balaban J connectivity index is 1.71. The molecule has 170 valence electrons. The van der Waals surface area contributed by atoms with Crippen LogP contribution in [0.1, 0.15) is 5.56 Å². The van der Waals surface area contributed by atoms with Gasteiger partial charge in [-0.2, -0.15) is 5.26 Å². The quantitative estimate of drug-likeness (QED) is 0.327. The molecular weight excluding hydrogens is 496 g/mol. The Kier molecular flexibility index (Phi) is 7.23. The van der Waals surface area contributed by atoms with Crippen molar-refractivity contribution in [3.05, 3.63) is 105 Å². The maximum atomic E-state index is 13.4. The topological polar surface area (TPSA) is 73.2 Å². The van der Waals surface area contributed by atoms with Gasteiger partial charge in [0.05, 0.1) is 16.0 Å². The summed E-state index contributed by atoms with van der Waals surface area (Å²) >= 11 is 13.2. The second-order valence-corrected chi connectivity index (χ2v) is 9.35. The van der Waals surface area contributed by atoms with Crippen LogP contribution in [0, 0.1) is 17.1 Å². The molecule has 1 heterocycles. The van der Waals surface area contributed by atoms with E-state index in [1.54, 1.807) is 48.5 Å². The van der Waals surface area contributed by atoms with E-state index in [2.05, 4.69) is 5.32 Å². The van der Waals surface area contributed by atoms with Gasteiger partial charge < -0.3 is 5.32 Å². The molecule has 1 N–H and O–H groups in total. The first-order valence-electron chi connectivity index (χ1n) is 10.1. The van der Waals surface area contributed by atoms with E-state index in [0.29, 0.717) is 17.1 Å². The molecule has 3 aromatic rings. The fourth-order valence-electron chi connectivity index (χ4n) is 3.41. The first-order valence-corrected chi connectivity index (χ1v) is 11.7. The maximum Gasteiger partial charge on any atom is 0.269 e. The lowest BCUT2D eigenvalue weighted by Crippen LogP contribution is -2.30. The lowest BCUT2D eigenvalue weighted by molar-refractivity contribution is -0.117. The summed E-state index contributed by atoms with van der Waals surface area (Å²) in [6.07, 6.45) is 0.306. The number of halogens is 3. The van der Waals surface area contributed by atoms with E-state index >= 15 is 0 Å². The van der Waals surface area contributed by atoms with Crippen molar-refractivity contribution in [2.24, 2.45) is 0 Å². The minimum atomic E-state index is -0.703. The molecule has 2 amide bonds. The Bertz CT molecular complexity index is 1320. The predicted molar refractivity (Wildman–Crippen MR) is 133 cm³/mol. The summed E-state index contributed by atoms with van der Waals surface area (Å²) < 4.78 is 13.3. The Morgan fingerprint density at radius 3 is 2.44 bits per heavy atom. The zero-order valence-electron chi connectivity index (χ0n) is 17.5. The van der Waals surface area contributed by atoms with Crippen LogP contribution in [0.4, 0.5) is 15.8 Å². The number of thioether (sulfide) groups is 1. The van der Waals surface area contributed by atoms with Crippen LogP contribution < -0.4 is 10.2 Å². The van der Waals surface area contributed by atoms with Crippen molar-refractivity contribution in [3.63, 3.8) is 0 Å². The SMILES string of the molecule is N#C/C(C(=O)Nc1ccc(Cl)cc1Cl)=C1/SC(Cc2ccc(F)cc2)C(=O)N1c1ccccc1. The van der Waals surface area contributed by atoms with E-state index in [0.717, 1.165) is 17.3 Å². The summed E-state index contributed by atoms with van der Waals surface area (Å²) in [6, 6.07) is 21.2. The van der Waals surface area contributed by atoms with Crippen molar-refractivity contribution in [1.29, 1.82) is 5.26 Å². The number of amides is 2. The molecule has 0 spiro atoms. The van der Waals surface area contributed by atoms with Crippen molar-refractivity contribution in [2.75, 3.05) is 10.2 Å². The molecule has 1 saturated heterocycles. The lowest BCUT2D eigenvalue weighted by atomic mass is 10.1. The number of carbonyl (C=O) groups excluding carboxylic acids is 2. The molecule has 1 fully saturated rings. The van der Waals surface area contributed by atoms with Crippen LogP contribution in [0.5, 0.6) is 0 Å². The van der Waals surface area contributed by atoms with Crippen molar-refractivity contribution in [3.8, 4) is 6.07 Å². The molecule has 1 atom stereocenters. The van der Waals surface area contributed by atoms with Gasteiger partial charge in [-0.05, 0) is 54.4 Å². The van der Waals surface area contributed by atoms with Gasteiger partial charge in [0.15, 0.2) is 0 Å². The third-order valence-corrected chi connectivity index (χ3v) is 6.84. The van der Waals surface area contributed by atoms with E-state index in [1.165, 1.54) is 29.2 Å². The molecule has 9 heteroatoms. The Morgan fingerprint density at radius 1 is 1.09 bits per heavy atom. The van der Waals surface area contributed by atoms with Crippen LogP contribution >= 0.6 is 35.0 Å². The summed E-state index contributed by atoms with van der Waals surface area (Å²) in [5, 5.41) is 12.7. The second kappa shape index (κ2) is 10.3. The van der Waals surface area contributed by atoms with E-state index in [1.807, 2.05) is 6.07 Å². The Morgan fingerprint density at radius 2 is 1.79 bits per heavy atom. The van der Waals surface area contributed by atoms with Gasteiger partial charge in [-0.3, -0.25) is 14.5 Å². The summed E-state index contributed by atoms with van der Waals surface area (Å²) in [5.41, 5.74) is 1.35. The number of nitrogens with one attached hydrogen (secondary N) is 1. The molecule has 34 heavy (non-hydrogen) atoms. The minimum Gasteiger partial charge on any atom is -0.320 e. The van der Waals surface area contributed by atoms with Crippen LogP contribution in [0.3, 0.4) is 0 Å². The predicted octanol–water partition coefficient (Wildman–Crippen LogP) is 6.20. The third-order valence-electron chi connectivity index (χ3n) is 5.03. The van der Waals surface area contributed by atoms with Crippen LogP contribution in [0.2, 0.25) is 10.0 Å². The molecule has 0 saturated carbocycles. The molecule has 0 aliphatic carbocycles. The zero-order valence-corrected chi connectivity index (χ0v) is 19.8. The first-order chi connectivity index (χ1) is 16.4. The van der Waals surface area contributed by atoms with Gasteiger partial charge in [-0.1, -0.05) is 65.3 Å². The van der Waals surface area contributed by atoms with Crippen molar-refractivity contribution in [1.82, 2.24) is 0 Å². The van der Waals surface area contributed by atoms with Gasteiger partial charge in [-0.25, -0.2) is 4.39 Å². The highest BCUT2D eigenvalue weighted by Gasteiger charge is 2.40. The first kappa shape index (κ1) is 23.8. The fourth-order valence-corrected chi connectivity index (χ4v) is 5.17. The van der Waals surface area contributed by atoms with Crippen LogP contribution in [-0.2, 0) is 16.0 Å². The van der Waals surface area contributed by atoms with E-state index < -0.39 is 11.2 Å². The van der Waals surface area contributed by atoms with Crippen molar-refractivity contribution in [2.45, 2.75) is 11.7 Å². The monoisotopic (exact) mass is 511 g/mol. The molecule has 5 nitrogen and oxygen atoms in total. The number of benzene rings is 3. The molecule has 3 aromatic carbocycles. The van der Waals surface area contributed by atoms with Gasteiger partial charge in [0.25, 0.3) is 5.91 Å². The van der Waals surface area contributed by atoms with Gasteiger partial charge in [-0.15, -0.1) is 0 Å². The molecule has 0 aromatic heterocycles. The van der Waals surface area contributed by atoms with Gasteiger partial charge in [0.1, 0.15) is 22.5 Å². The zero-order chi connectivity index (χ0) is 24.2. The molecule has 0 radical (unpaired) electrons. The van der Waals surface area contributed by atoms with Crippen molar-refractivity contribution < 1.29 is 14.0 Å². The molecule has 4 rings (SSSR count). The number of carbonyl (C=O) groups is 2. The number of anilines is 2. The number of nitrogens with zero attached hydrogens (tertiary/aromatic N) is 2. The van der Waals surface area contributed by atoms with Gasteiger partial charge in [0, 0.05) is 10.7 Å². The Hall–Kier alpha value is -3.31. The van der Waals surface area contributed by atoms with Gasteiger partial charge in [0.2, 0.25) is 5.91 Å². The highest BCUT2D eigenvalue weighted by atomic mass is 35.5. The minimum absolute atomic E-state index is 0.215. The molecule has 1 unspecified atom stereocenters.